The Labute approximate surface area is 293 Å². The summed E-state index contributed by atoms with van der Waals surface area (Å²) in [7, 11) is 0. The lowest BCUT2D eigenvalue weighted by molar-refractivity contribution is -0.384. The highest BCUT2D eigenvalue weighted by atomic mass is 16.7. The molecule has 0 bridgehead atoms. The molecule has 2 aromatic carbocycles. The molecule has 0 fully saturated rings. The van der Waals surface area contributed by atoms with Crippen LogP contribution in [0.1, 0.15) is 11.4 Å². The SMILES string of the molecule is NC(=NNC=C=Cc1cccn1-c1ccccc1[N+](=O)[O-])NOC(=O)/C=C\C(=O)ONC(N)=NNC=C=Cc1cccn1-c1ccccc1[N+](=O)[O-]. The third kappa shape index (κ3) is 10.6. The van der Waals surface area contributed by atoms with Crippen LogP contribution in [-0.4, -0.2) is 42.8 Å². The van der Waals surface area contributed by atoms with Crippen molar-refractivity contribution in [1.29, 1.82) is 0 Å². The molecule has 8 N–H and O–H groups in total. The summed E-state index contributed by atoms with van der Waals surface area (Å²) in [6.07, 6.45) is 10.4. The van der Waals surface area contributed by atoms with Crippen LogP contribution in [0, 0.1) is 20.2 Å². The lowest BCUT2D eigenvalue weighted by Gasteiger charge is -2.06. The lowest BCUT2D eigenvalue weighted by atomic mass is 10.2. The topological polar surface area (TPSA) is 274 Å². The summed E-state index contributed by atoms with van der Waals surface area (Å²) in [5.41, 5.74) is 27.6. The van der Waals surface area contributed by atoms with Crippen molar-refractivity contribution in [3.63, 3.8) is 0 Å². The first-order valence-corrected chi connectivity index (χ1v) is 14.6. The van der Waals surface area contributed by atoms with Crippen LogP contribution in [0.2, 0.25) is 0 Å². The summed E-state index contributed by atoms with van der Waals surface area (Å²) < 4.78 is 3.23. The molecule has 20 heteroatoms. The number of rotatable bonds is 12. The highest BCUT2D eigenvalue weighted by Crippen LogP contribution is 2.25. The molecule has 2 heterocycles. The molecule has 0 amide bonds. The molecule has 0 radical (unpaired) electrons. The van der Waals surface area contributed by atoms with E-state index in [1.54, 1.807) is 94.3 Å². The molecule has 264 valence electrons. The molecule has 4 aromatic rings. The minimum atomic E-state index is -1.03. The summed E-state index contributed by atoms with van der Waals surface area (Å²) in [5.74, 6) is -2.78. The van der Waals surface area contributed by atoms with Gasteiger partial charge in [-0.1, -0.05) is 35.7 Å². The fourth-order valence-electron chi connectivity index (χ4n) is 4.09. The van der Waals surface area contributed by atoms with Gasteiger partial charge in [-0.05, 0) is 36.4 Å². The van der Waals surface area contributed by atoms with Gasteiger partial charge in [-0.25, -0.2) is 9.59 Å². The number of aromatic nitrogens is 2. The third-order valence-electron chi connectivity index (χ3n) is 6.23. The monoisotopic (exact) mass is 708 g/mol. The fraction of sp³-hybridized carbons (Fsp3) is 0. The number of guanidine groups is 2. The van der Waals surface area contributed by atoms with Gasteiger partial charge in [0.15, 0.2) is 0 Å². The smallest absolute Gasteiger partial charge is 0.356 e. The van der Waals surface area contributed by atoms with E-state index in [4.69, 9.17) is 11.5 Å². The second-order valence-electron chi connectivity index (χ2n) is 9.64. The Morgan fingerprint density at radius 3 is 1.48 bits per heavy atom. The largest absolute Gasteiger partial charge is 0.366 e. The second kappa shape index (κ2) is 18.3. The van der Waals surface area contributed by atoms with Gasteiger partial charge in [-0.2, -0.15) is 11.0 Å². The van der Waals surface area contributed by atoms with Gasteiger partial charge in [-0.15, -0.1) is 10.2 Å². The number of nitrogens with one attached hydrogen (secondary N) is 4. The number of nitrogens with two attached hydrogens (primary N) is 2. The quantitative estimate of drug-likeness (QED) is 0.0308. The van der Waals surface area contributed by atoms with Gasteiger partial charge in [0.1, 0.15) is 11.4 Å². The van der Waals surface area contributed by atoms with Gasteiger partial charge in [0.05, 0.1) is 33.6 Å². The van der Waals surface area contributed by atoms with Crippen LogP contribution in [-0.2, 0) is 19.3 Å². The number of nitro groups is 2. The van der Waals surface area contributed by atoms with Gasteiger partial charge in [-0.3, -0.25) is 31.1 Å². The first-order chi connectivity index (χ1) is 25.1. The molecule has 4 rings (SSSR count). The van der Waals surface area contributed by atoms with Crippen LogP contribution in [0.5, 0.6) is 0 Å². The van der Waals surface area contributed by atoms with Gasteiger partial charge in [0.2, 0.25) is 11.9 Å². The first kappa shape index (κ1) is 36.5. The van der Waals surface area contributed by atoms with E-state index < -0.39 is 21.8 Å². The lowest BCUT2D eigenvalue weighted by Crippen LogP contribution is -2.35. The van der Waals surface area contributed by atoms with Gasteiger partial charge in [0, 0.05) is 48.8 Å². The van der Waals surface area contributed by atoms with E-state index in [1.807, 2.05) is 0 Å². The van der Waals surface area contributed by atoms with Crippen LogP contribution in [0.15, 0.2) is 131 Å². The zero-order chi connectivity index (χ0) is 37.3. The van der Waals surface area contributed by atoms with Crippen molar-refractivity contribution in [1.82, 2.24) is 30.9 Å². The number of nitro benzene ring substituents is 2. The Balaban J connectivity index is 1.17. The minimum Gasteiger partial charge on any atom is -0.366 e. The van der Waals surface area contributed by atoms with Crippen molar-refractivity contribution < 1.29 is 29.1 Å². The highest BCUT2D eigenvalue weighted by Gasteiger charge is 2.16. The number of hydrogen-bond acceptors (Lipinski definition) is 12. The number of hydrazone groups is 2. The van der Waals surface area contributed by atoms with Crippen molar-refractivity contribution in [2.45, 2.75) is 0 Å². The average Bonchev–Trinajstić information content (AvgIpc) is 3.81. The van der Waals surface area contributed by atoms with Crippen LogP contribution in [0.3, 0.4) is 0 Å². The third-order valence-corrected chi connectivity index (χ3v) is 6.23. The number of nitrogens with zero attached hydrogens (tertiary/aromatic N) is 6. The van der Waals surface area contributed by atoms with E-state index in [2.05, 4.69) is 53.2 Å². The Bertz CT molecular complexity index is 2020. The number of benzene rings is 2. The van der Waals surface area contributed by atoms with Crippen LogP contribution >= 0.6 is 0 Å². The van der Waals surface area contributed by atoms with Crippen LogP contribution in [0.25, 0.3) is 23.5 Å². The summed E-state index contributed by atoms with van der Waals surface area (Å²) in [6.45, 7) is 0. The first-order valence-electron chi connectivity index (χ1n) is 14.6. The molecular weight excluding hydrogens is 680 g/mol. The maximum Gasteiger partial charge on any atom is 0.356 e. The summed E-state index contributed by atoms with van der Waals surface area (Å²) in [5, 5.41) is 30.1. The normalized spacial score (nSPS) is 10.9. The van der Waals surface area contributed by atoms with Crippen molar-refractivity contribution in [2.24, 2.45) is 21.7 Å². The molecule has 20 nitrogen and oxygen atoms in total. The molecule has 0 unspecified atom stereocenters. The Morgan fingerprint density at radius 1 is 0.673 bits per heavy atom. The van der Waals surface area contributed by atoms with Gasteiger partial charge < -0.3 is 30.3 Å². The number of carbonyl (C=O) groups excluding carboxylic acids is 2. The van der Waals surface area contributed by atoms with E-state index in [0.717, 1.165) is 12.2 Å². The summed E-state index contributed by atoms with van der Waals surface area (Å²) in [4.78, 5) is 54.7. The van der Waals surface area contributed by atoms with Crippen molar-refractivity contribution in [3.05, 3.63) is 153 Å². The van der Waals surface area contributed by atoms with E-state index in [0.29, 0.717) is 22.8 Å². The van der Waals surface area contributed by atoms with Crippen LogP contribution < -0.4 is 33.3 Å². The molecule has 0 atom stereocenters. The fourth-order valence-corrected chi connectivity index (χ4v) is 4.09. The van der Waals surface area contributed by atoms with Gasteiger partial charge >= 0.3 is 11.9 Å². The zero-order valence-corrected chi connectivity index (χ0v) is 26.7. The van der Waals surface area contributed by atoms with Crippen molar-refractivity contribution in [2.75, 3.05) is 0 Å². The Hall–Kier alpha value is -8.34. The van der Waals surface area contributed by atoms with E-state index >= 15 is 0 Å². The maximum absolute atomic E-state index is 11.8. The van der Waals surface area contributed by atoms with Crippen molar-refractivity contribution >= 4 is 47.4 Å². The molecule has 2 aromatic heterocycles. The molecule has 0 aliphatic carbocycles. The predicted molar refractivity (Wildman–Crippen MR) is 187 cm³/mol. The Morgan fingerprint density at radius 2 is 1.08 bits per heavy atom. The summed E-state index contributed by atoms with van der Waals surface area (Å²) >= 11 is 0. The number of hydrogen-bond donors (Lipinski definition) is 6. The van der Waals surface area contributed by atoms with E-state index in [-0.39, 0.29) is 23.3 Å². The average molecular weight is 709 g/mol. The van der Waals surface area contributed by atoms with E-state index in [9.17, 15) is 29.8 Å². The molecular formula is C32H28N12O8. The van der Waals surface area contributed by atoms with E-state index in [1.165, 1.54) is 24.5 Å². The van der Waals surface area contributed by atoms with Gasteiger partial charge in [0.25, 0.3) is 11.4 Å². The molecule has 0 spiro atoms. The predicted octanol–water partition coefficient (Wildman–Crippen LogP) is 2.33. The summed E-state index contributed by atoms with van der Waals surface area (Å²) in [6, 6.07) is 19.4. The zero-order valence-electron chi connectivity index (χ0n) is 26.7. The molecule has 0 aliphatic heterocycles. The maximum atomic E-state index is 11.8. The molecule has 52 heavy (non-hydrogen) atoms. The highest BCUT2D eigenvalue weighted by molar-refractivity contribution is 5.92. The molecule has 0 saturated heterocycles. The number of para-hydroxylation sites is 4. The second-order valence-corrected chi connectivity index (χ2v) is 9.64. The molecule has 0 aliphatic rings. The molecule has 0 saturated carbocycles. The number of carbonyl (C=O) groups is 2. The Kier molecular flexibility index (Phi) is 12.8. The van der Waals surface area contributed by atoms with Crippen molar-refractivity contribution in [3.8, 4) is 11.4 Å². The standard InChI is InChI=1S/C32H28N12O8/c33-31(37-35-19-5-9-23-11-7-21-41(23)25-13-1-3-15-27(25)43(47)48)39-51-29(45)17-18-30(46)52-40-32(34)38-36-20-6-10-24-12-8-22-42(24)26-14-2-4-16-28(26)44(49)50/h1-4,7-22,35-36H,(H3,33,37,39)(H3,34,38,40)/b18-17-. The minimum absolute atomic E-state index is 0.0637. The number of hydroxylamine groups is 2. The van der Waals surface area contributed by atoms with Crippen LogP contribution in [0.4, 0.5) is 11.4 Å².